The molecule has 2 N–H and O–H groups in total. The highest BCUT2D eigenvalue weighted by Crippen LogP contribution is 2.35. The van der Waals surface area contributed by atoms with Crippen molar-refractivity contribution in [3.8, 4) is 10.4 Å². The van der Waals surface area contributed by atoms with E-state index in [9.17, 15) is 0 Å². The van der Waals surface area contributed by atoms with Gasteiger partial charge in [-0.2, -0.15) is 0 Å². The quantitative estimate of drug-likeness (QED) is 0.701. The van der Waals surface area contributed by atoms with Crippen molar-refractivity contribution in [2.45, 2.75) is 6.92 Å². The third kappa shape index (κ3) is 1.68. The molecule has 0 aliphatic rings. The molecule has 2 aromatic carbocycles. The zero-order valence-corrected chi connectivity index (χ0v) is 10.3. The molecule has 17 heavy (non-hydrogen) atoms. The molecule has 0 unspecified atom stereocenters. The van der Waals surface area contributed by atoms with E-state index in [0.717, 1.165) is 4.88 Å². The molecular weight excluding hydrogens is 228 g/mol. The third-order valence-electron chi connectivity index (χ3n) is 2.91. The van der Waals surface area contributed by atoms with Crippen molar-refractivity contribution in [2.75, 3.05) is 5.73 Å². The topological polar surface area (TPSA) is 38.9 Å². The number of anilines is 1. The summed E-state index contributed by atoms with van der Waals surface area (Å²) in [4.78, 5) is 5.27. The number of hydrogen-bond donors (Lipinski definition) is 1. The summed E-state index contributed by atoms with van der Waals surface area (Å²) in [6.45, 7) is 2.12. The summed E-state index contributed by atoms with van der Waals surface area (Å²) < 4.78 is 0. The van der Waals surface area contributed by atoms with Crippen molar-refractivity contribution in [3.05, 3.63) is 48.2 Å². The van der Waals surface area contributed by atoms with Gasteiger partial charge < -0.3 is 5.73 Å². The number of aryl methyl sites for hydroxylation is 1. The van der Waals surface area contributed by atoms with E-state index in [2.05, 4.69) is 48.3 Å². The van der Waals surface area contributed by atoms with Crippen LogP contribution in [0.2, 0.25) is 0 Å². The maximum atomic E-state index is 5.72. The van der Waals surface area contributed by atoms with E-state index in [1.165, 1.54) is 33.2 Å². The fraction of sp³-hybridized carbons (Fsp3) is 0.0714. The number of nitrogens with zero attached hydrogens (tertiary/aromatic N) is 1. The summed E-state index contributed by atoms with van der Waals surface area (Å²) in [5, 5.41) is 3.13. The van der Waals surface area contributed by atoms with E-state index in [1.54, 1.807) is 0 Å². The smallest absolute Gasteiger partial charge is 0.180 e. The Morgan fingerprint density at radius 3 is 2.71 bits per heavy atom. The van der Waals surface area contributed by atoms with Gasteiger partial charge in [-0.25, -0.2) is 4.98 Å². The predicted octanol–water partition coefficient (Wildman–Crippen LogP) is 3.85. The van der Waals surface area contributed by atoms with E-state index < -0.39 is 0 Å². The van der Waals surface area contributed by atoms with Gasteiger partial charge in [0.1, 0.15) is 0 Å². The number of nitrogen functional groups attached to an aromatic ring is 1. The van der Waals surface area contributed by atoms with Crippen LogP contribution in [0.1, 0.15) is 5.56 Å². The maximum Gasteiger partial charge on any atom is 0.180 e. The molecule has 0 aliphatic heterocycles. The van der Waals surface area contributed by atoms with Crippen molar-refractivity contribution in [1.82, 2.24) is 4.98 Å². The van der Waals surface area contributed by atoms with Crippen LogP contribution in [0, 0.1) is 6.92 Å². The molecule has 84 valence electrons. The van der Waals surface area contributed by atoms with E-state index in [1.807, 2.05) is 6.20 Å². The standard InChI is InChI=1S/C14H12N2S/c1-9-6-7-10-4-2-3-5-11(10)13(9)12-8-16-14(15)17-12/h2-8H,1H3,(H2,15,16). The van der Waals surface area contributed by atoms with Crippen molar-refractivity contribution < 1.29 is 0 Å². The van der Waals surface area contributed by atoms with E-state index in [-0.39, 0.29) is 0 Å². The SMILES string of the molecule is Cc1ccc2ccccc2c1-c1cnc(N)s1. The summed E-state index contributed by atoms with van der Waals surface area (Å²) in [7, 11) is 0. The van der Waals surface area contributed by atoms with Crippen LogP contribution in [-0.2, 0) is 0 Å². The van der Waals surface area contributed by atoms with Crippen LogP contribution in [0.3, 0.4) is 0 Å². The molecule has 3 aromatic rings. The van der Waals surface area contributed by atoms with Crippen LogP contribution in [-0.4, -0.2) is 4.98 Å². The Morgan fingerprint density at radius 2 is 1.94 bits per heavy atom. The molecule has 0 spiro atoms. The molecule has 0 atom stereocenters. The van der Waals surface area contributed by atoms with Gasteiger partial charge >= 0.3 is 0 Å². The fourth-order valence-corrected chi connectivity index (χ4v) is 2.92. The number of benzene rings is 2. The average Bonchev–Trinajstić information content (AvgIpc) is 2.75. The average molecular weight is 240 g/mol. The molecule has 0 amide bonds. The highest BCUT2D eigenvalue weighted by Gasteiger charge is 2.09. The predicted molar refractivity (Wildman–Crippen MR) is 74.2 cm³/mol. The number of thiazole rings is 1. The van der Waals surface area contributed by atoms with E-state index >= 15 is 0 Å². The molecule has 1 aromatic heterocycles. The molecule has 0 saturated carbocycles. The molecule has 0 saturated heterocycles. The second kappa shape index (κ2) is 3.86. The van der Waals surface area contributed by atoms with Gasteiger partial charge in [0.2, 0.25) is 0 Å². The highest BCUT2D eigenvalue weighted by molar-refractivity contribution is 7.18. The van der Waals surface area contributed by atoms with Crippen LogP contribution in [0.4, 0.5) is 5.13 Å². The lowest BCUT2D eigenvalue weighted by Crippen LogP contribution is -1.83. The van der Waals surface area contributed by atoms with Gasteiger partial charge in [-0.05, 0) is 23.3 Å². The molecule has 0 aliphatic carbocycles. The molecule has 0 fully saturated rings. The third-order valence-corrected chi connectivity index (χ3v) is 3.75. The Balaban J connectivity index is 2.38. The van der Waals surface area contributed by atoms with Crippen molar-refractivity contribution >= 4 is 27.2 Å². The molecule has 0 bridgehead atoms. The molecular formula is C14H12N2S. The second-order valence-electron chi connectivity index (χ2n) is 4.04. The largest absolute Gasteiger partial charge is 0.375 e. The summed E-state index contributed by atoms with van der Waals surface area (Å²) in [6, 6.07) is 12.7. The molecule has 0 radical (unpaired) electrons. The second-order valence-corrected chi connectivity index (χ2v) is 5.10. The Labute approximate surface area is 104 Å². The number of rotatable bonds is 1. The summed E-state index contributed by atoms with van der Waals surface area (Å²) in [5.74, 6) is 0. The van der Waals surface area contributed by atoms with E-state index in [0.29, 0.717) is 5.13 Å². The first-order valence-electron chi connectivity index (χ1n) is 5.46. The minimum Gasteiger partial charge on any atom is -0.375 e. The van der Waals surface area contributed by atoms with Gasteiger partial charge in [0, 0.05) is 11.8 Å². The zero-order chi connectivity index (χ0) is 11.8. The Hall–Kier alpha value is -1.87. The van der Waals surface area contributed by atoms with Crippen LogP contribution in [0.25, 0.3) is 21.2 Å². The Kier molecular flexibility index (Phi) is 2.34. The van der Waals surface area contributed by atoms with Gasteiger partial charge in [-0.15, -0.1) is 0 Å². The summed E-state index contributed by atoms with van der Waals surface area (Å²) >= 11 is 1.54. The lowest BCUT2D eigenvalue weighted by Gasteiger charge is -2.07. The van der Waals surface area contributed by atoms with Crippen molar-refractivity contribution in [1.29, 1.82) is 0 Å². The molecule has 2 nitrogen and oxygen atoms in total. The normalized spacial score (nSPS) is 10.9. The molecule has 3 heteroatoms. The highest BCUT2D eigenvalue weighted by atomic mass is 32.1. The lowest BCUT2D eigenvalue weighted by molar-refractivity contribution is 1.42. The fourth-order valence-electron chi connectivity index (χ4n) is 2.11. The number of aromatic nitrogens is 1. The first-order chi connectivity index (χ1) is 8.25. The first kappa shape index (κ1) is 10.3. The van der Waals surface area contributed by atoms with E-state index in [4.69, 9.17) is 5.73 Å². The van der Waals surface area contributed by atoms with Crippen LogP contribution in [0.15, 0.2) is 42.6 Å². The van der Waals surface area contributed by atoms with Gasteiger partial charge in [-0.1, -0.05) is 47.7 Å². The zero-order valence-electron chi connectivity index (χ0n) is 9.47. The van der Waals surface area contributed by atoms with Gasteiger partial charge in [0.15, 0.2) is 5.13 Å². The van der Waals surface area contributed by atoms with Crippen molar-refractivity contribution in [2.24, 2.45) is 0 Å². The number of fused-ring (bicyclic) bond motifs is 1. The van der Waals surface area contributed by atoms with Gasteiger partial charge in [0.25, 0.3) is 0 Å². The monoisotopic (exact) mass is 240 g/mol. The minimum atomic E-state index is 0.618. The summed E-state index contributed by atoms with van der Waals surface area (Å²) in [6.07, 6.45) is 1.86. The van der Waals surface area contributed by atoms with Gasteiger partial charge in [-0.3, -0.25) is 0 Å². The summed E-state index contributed by atoms with van der Waals surface area (Å²) in [5.41, 5.74) is 8.22. The van der Waals surface area contributed by atoms with Crippen LogP contribution >= 0.6 is 11.3 Å². The maximum absolute atomic E-state index is 5.72. The Bertz CT molecular complexity index is 686. The van der Waals surface area contributed by atoms with Crippen molar-refractivity contribution in [3.63, 3.8) is 0 Å². The Morgan fingerprint density at radius 1 is 1.12 bits per heavy atom. The number of nitrogens with two attached hydrogens (primary N) is 1. The first-order valence-corrected chi connectivity index (χ1v) is 6.27. The minimum absolute atomic E-state index is 0.618. The van der Waals surface area contributed by atoms with Crippen LogP contribution < -0.4 is 5.73 Å². The van der Waals surface area contributed by atoms with Crippen LogP contribution in [0.5, 0.6) is 0 Å². The molecule has 1 heterocycles. The number of hydrogen-bond acceptors (Lipinski definition) is 3. The molecule has 3 rings (SSSR count). The van der Waals surface area contributed by atoms with Gasteiger partial charge in [0.05, 0.1) is 4.88 Å². The lowest BCUT2D eigenvalue weighted by atomic mass is 9.99.